The summed E-state index contributed by atoms with van der Waals surface area (Å²) in [6.07, 6.45) is 2.54. The fraction of sp³-hybridized carbons (Fsp3) is 0.200. The lowest BCUT2D eigenvalue weighted by Crippen LogP contribution is -2.24. The molecule has 0 bridgehead atoms. The van der Waals surface area contributed by atoms with Crippen LogP contribution in [0.5, 0.6) is 5.75 Å². The number of carboxylic acid groups (broad SMARTS) is 1. The first-order valence-electron chi connectivity index (χ1n) is 8.74. The van der Waals surface area contributed by atoms with Gasteiger partial charge in [0.2, 0.25) is 5.43 Å². The molecule has 1 aromatic heterocycles. The lowest BCUT2D eigenvalue weighted by atomic mass is 10.1. The summed E-state index contributed by atoms with van der Waals surface area (Å²) in [5.41, 5.74) is -2.09. The van der Waals surface area contributed by atoms with Gasteiger partial charge in [-0.2, -0.15) is 0 Å². The number of aromatic carboxylic acids is 1. The van der Waals surface area contributed by atoms with Crippen molar-refractivity contribution < 1.29 is 23.8 Å². The Morgan fingerprint density at radius 3 is 2.43 bits per heavy atom. The monoisotopic (exact) mass is 386 g/mol. The number of benzene rings is 2. The molecule has 1 aliphatic heterocycles. The molecule has 8 heteroatoms. The van der Waals surface area contributed by atoms with E-state index in [9.17, 15) is 24.2 Å². The average molecular weight is 386 g/mol. The first kappa shape index (κ1) is 18.0. The molecule has 0 radical (unpaired) electrons. The van der Waals surface area contributed by atoms with Gasteiger partial charge in [0.15, 0.2) is 5.82 Å². The Labute approximate surface area is 157 Å². The second kappa shape index (κ2) is 6.63. The van der Waals surface area contributed by atoms with Crippen LogP contribution in [0.2, 0.25) is 0 Å². The number of anilines is 1. The van der Waals surface area contributed by atoms with Gasteiger partial charge in [-0.15, -0.1) is 0 Å². The predicted octanol–water partition coefficient (Wildman–Crippen LogP) is 3.27. The van der Waals surface area contributed by atoms with Gasteiger partial charge in [0.05, 0.1) is 16.6 Å². The molecule has 3 aromatic rings. The summed E-state index contributed by atoms with van der Waals surface area (Å²) < 4.78 is 31.3. The molecule has 0 amide bonds. The van der Waals surface area contributed by atoms with Crippen molar-refractivity contribution >= 4 is 22.6 Å². The molecule has 2 N–H and O–H groups in total. The van der Waals surface area contributed by atoms with Crippen LogP contribution >= 0.6 is 0 Å². The van der Waals surface area contributed by atoms with E-state index in [-0.39, 0.29) is 22.6 Å². The Hall–Kier alpha value is -3.42. The first-order chi connectivity index (χ1) is 13.4. The minimum Gasteiger partial charge on any atom is -0.506 e. The average Bonchev–Trinajstić information content (AvgIpc) is 3.17. The SMILES string of the molecule is O=C(O)c1cn(-c2ccccc2O)c2c(F)c(N3CCCC3)c(F)cc2c1=O. The summed E-state index contributed by atoms with van der Waals surface area (Å²) in [5, 5.41) is 19.2. The van der Waals surface area contributed by atoms with Crippen LogP contribution in [0, 0.1) is 11.6 Å². The topological polar surface area (TPSA) is 82.8 Å². The van der Waals surface area contributed by atoms with Gasteiger partial charge in [0, 0.05) is 19.3 Å². The largest absolute Gasteiger partial charge is 0.506 e. The van der Waals surface area contributed by atoms with Crippen molar-refractivity contribution in [2.75, 3.05) is 18.0 Å². The Bertz CT molecular complexity index is 1170. The highest BCUT2D eigenvalue weighted by Crippen LogP contribution is 2.34. The normalized spacial score (nSPS) is 14.0. The van der Waals surface area contributed by atoms with Crippen LogP contribution in [0.4, 0.5) is 14.5 Å². The molecule has 2 heterocycles. The Morgan fingerprint density at radius 1 is 1.11 bits per heavy atom. The third-order valence-corrected chi connectivity index (χ3v) is 4.95. The van der Waals surface area contributed by atoms with Crippen LogP contribution in [0.15, 0.2) is 41.3 Å². The molecule has 0 unspecified atom stereocenters. The number of hydrogen-bond acceptors (Lipinski definition) is 4. The fourth-order valence-electron chi connectivity index (χ4n) is 3.65. The van der Waals surface area contributed by atoms with Gasteiger partial charge in [-0.1, -0.05) is 12.1 Å². The van der Waals surface area contributed by atoms with Crippen LogP contribution in [0.1, 0.15) is 23.2 Å². The second-order valence-electron chi connectivity index (χ2n) is 6.65. The minimum atomic E-state index is -1.53. The summed E-state index contributed by atoms with van der Waals surface area (Å²) >= 11 is 0. The highest BCUT2D eigenvalue weighted by Gasteiger charge is 2.27. The number of halogens is 2. The molecule has 0 spiro atoms. The van der Waals surface area contributed by atoms with E-state index in [2.05, 4.69) is 0 Å². The van der Waals surface area contributed by atoms with Crippen molar-refractivity contribution in [2.24, 2.45) is 0 Å². The standard InChI is InChI=1S/C20H16F2N2O4/c21-13-9-11-17(16(22)18(13)23-7-3-4-8-23)24(10-12(19(11)26)20(27)28)14-5-1-2-6-15(14)25/h1-2,5-6,9-10,25H,3-4,7-8H2,(H,27,28). The zero-order valence-corrected chi connectivity index (χ0v) is 14.7. The third-order valence-electron chi connectivity index (χ3n) is 4.95. The second-order valence-corrected chi connectivity index (χ2v) is 6.65. The van der Waals surface area contributed by atoms with Gasteiger partial charge >= 0.3 is 5.97 Å². The van der Waals surface area contributed by atoms with E-state index in [1.54, 1.807) is 17.0 Å². The maximum absolute atomic E-state index is 15.5. The van der Waals surface area contributed by atoms with E-state index >= 15 is 4.39 Å². The number of para-hydroxylation sites is 2. The molecule has 2 aromatic carbocycles. The number of carboxylic acids is 1. The van der Waals surface area contributed by atoms with Gasteiger partial charge in [-0.05, 0) is 31.0 Å². The van der Waals surface area contributed by atoms with Crippen LogP contribution in [-0.4, -0.2) is 33.8 Å². The van der Waals surface area contributed by atoms with Gasteiger partial charge in [-0.25, -0.2) is 13.6 Å². The molecule has 0 aliphatic carbocycles. The van der Waals surface area contributed by atoms with E-state index < -0.39 is 34.0 Å². The minimum absolute atomic E-state index is 0.0767. The van der Waals surface area contributed by atoms with Crippen molar-refractivity contribution in [1.82, 2.24) is 4.57 Å². The van der Waals surface area contributed by atoms with E-state index in [0.717, 1.165) is 29.7 Å². The summed E-state index contributed by atoms with van der Waals surface area (Å²) in [5.74, 6) is -3.65. The van der Waals surface area contributed by atoms with Crippen molar-refractivity contribution in [3.63, 3.8) is 0 Å². The molecular weight excluding hydrogens is 370 g/mol. The lowest BCUT2D eigenvalue weighted by molar-refractivity contribution is 0.0695. The number of fused-ring (bicyclic) bond motifs is 1. The van der Waals surface area contributed by atoms with Crippen LogP contribution in [-0.2, 0) is 0 Å². The molecule has 0 atom stereocenters. The molecule has 0 saturated carbocycles. The Balaban J connectivity index is 2.16. The number of phenols is 1. The molecule has 144 valence electrons. The smallest absolute Gasteiger partial charge is 0.341 e. The molecule has 4 rings (SSSR count). The number of nitrogens with zero attached hydrogens (tertiary/aromatic N) is 2. The zero-order valence-electron chi connectivity index (χ0n) is 14.7. The molecule has 28 heavy (non-hydrogen) atoms. The highest BCUT2D eigenvalue weighted by atomic mass is 19.1. The van der Waals surface area contributed by atoms with Crippen LogP contribution in [0.3, 0.4) is 0 Å². The van der Waals surface area contributed by atoms with E-state index in [1.807, 2.05) is 0 Å². The molecular formula is C20H16F2N2O4. The van der Waals surface area contributed by atoms with Crippen LogP contribution in [0.25, 0.3) is 16.6 Å². The summed E-state index contributed by atoms with van der Waals surface area (Å²) in [6.45, 7) is 0.959. The molecule has 6 nitrogen and oxygen atoms in total. The summed E-state index contributed by atoms with van der Waals surface area (Å²) in [6, 6.07) is 6.79. The summed E-state index contributed by atoms with van der Waals surface area (Å²) in [4.78, 5) is 25.6. The van der Waals surface area contributed by atoms with Gasteiger partial charge in [-0.3, -0.25) is 4.79 Å². The zero-order chi connectivity index (χ0) is 20.0. The fourth-order valence-corrected chi connectivity index (χ4v) is 3.65. The summed E-state index contributed by atoms with van der Waals surface area (Å²) in [7, 11) is 0. The number of aromatic hydroxyl groups is 1. The van der Waals surface area contributed by atoms with Gasteiger partial charge < -0.3 is 19.7 Å². The lowest BCUT2D eigenvalue weighted by Gasteiger charge is -2.22. The number of phenolic OH excluding ortho intramolecular Hbond substituents is 1. The Morgan fingerprint density at radius 2 is 1.79 bits per heavy atom. The number of aromatic nitrogens is 1. The maximum atomic E-state index is 15.5. The first-order valence-corrected chi connectivity index (χ1v) is 8.74. The third kappa shape index (κ3) is 2.69. The van der Waals surface area contributed by atoms with E-state index in [0.29, 0.717) is 13.1 Å². The number of rotatable bonds is 3. The van der Waals surface area contributed by atoms with Gasteiger partial charge in [0.1, 0.15) is 22.8 Å². The molecule has 1 saturated heterocycles. The molecule has 1 aliphatic rings. The van der Waals surface area contributed by atoms with Crippen molar-refractivity contribution in [3.8, 4) is 11.4 Å². The number of hydrogen-bond donors (Lipinski definition) is 2. The van der Waals surface area contributed by atoms with E-state index in [1.165, 1.54) is 12.1 Å². The predicted molar refractivity (Wildman–Crippen MR) is 99.5 cm³/mol. The van der Waals surface area contributed by atoms with Gasteiger partial charge in [0.25, 0.3) is 0 Å². The van der Waals surface area contributed by atoms with Crippen molar-refractivity contribution in [1.29, 1.82) is 0 Å². The number of carbonyl (C=O) groups is 1. The van der Waals surface area contributed by atoms with Crippen molar-refractivity contribution in [2.45, 2.75) is 12.8 Å². The maximum Gasteiger partial charge on any atom is 0.341 e. The highest BCUT2D eigenvalue weighted by molar-refractivity contribution is 5.94. The van der Waals surface area contributed by atoms with E-state index in [4.69, 9.17) is 0 Å². The molecule has 1 fully saturated rings. The Kier molecular flexibility index (Phi) is 4.26. The van der Waals surface area contributed by atoms with Crippen LogP contribution < -0.4 is 10.3 Å². The van der Waals surface area contributed by atoms with Crippen molar-refractivity contribution in [3.05, 3.63) is 63.9 Å². The quantitative estimate of drug-likeness (QED) is 0.722. The number of pyridine rings is 1.